The number of amidine groups is 1. The third-order valence-corrected chi connectivity index (χ3v) is 6.17. The van der Waals surface area contributed by atoms with E-state index in [4.69, 9.17) is 10.5 Å². The van der Waals surface area contributed by atoms with Gasteiger partial charge in [-0.3, -0.25) is 14.6 Å². The molecular formula is C25H41N5O5. The summed E-state index contributed by atoms with van der Waals surface area (Å²) in [5.41, 5.74) is 6.69. The quantitative estimate of drug-likeness (QED) is 0.141. The minimum Gasteiger partial charge on any atom is -0.480 e. The van der Waals surface area contributed by atoms with E-state index >= 15 is 0 Å². The number of amides is 2. The lowest BCUT2D eigenvalue weighted by molar-refractivity contribution is -0.142. The highest BCUT2D eigenvalue weighted by atomic mass is 16.5. The number of ether oxygens (including phenoxy) is 1. The molecule has 10 heteroatoms. The van der Waals surface area contributed by atoms with Gasteiger partial charge in [0.15, 0.2) is 5.76 Å². The second-order valence-electron chi connectivity index (χ2n) is 9.29. The van der Waals surface area contributed by atoms with Crippen LogP contribution in [0.25, 0.3) is 0 Å². The van der Waals surface area contributed by atoms with Crippen LogP contribution in [0.2, 0.25) is 0 Å². The highest BCUT2D eigenvalue weighted by Gasteiger charge is 2.30. The zero-order valence-electron chi connectivity index (χ0n) is 21.2. The van der Waals surface area contributed by atoms with E-state index in [0.29, 0.717) is 43.9 Å². The highest BCUT2D eigenvalue weighted by Crippen LogP contribution is 2.27. The van der Waals surface area contributed by atoms with Crippen LogP contribution in [0.3, 0.4) is 0 Å². The van der Waals surface area contributed by atoms with Gasteiger partial charge in [0.25, 0.3) is 5.91 Å². The van der Waals surface area contributed by atoms with Crippen LogP contribution >= 0.6 is 0 Å². The van der Waals surface area contributed by atoms with Crippen molar-refractivity contribution in [1.29, 1.82) is 0 Å². The number of nitrogens with zero attached hydrogens (tertiary/aromatic N) is 1. The summed E-state index contributed by atoms with van der Waals surface area (Å²) in [5.74, 6) is -0.261. The van der Waals surface area contributed by atoms with Crippen molar-refractivity contribution in [1.82, 2.24) is 16.0 Å². The molecule has 2 rings (SSSR count). The van der Waals surface area contributed by atoms with E-state index in [0.717, 1.165) is 37.8 Å². The molecule has 2 aliphatic rings. The molecule has 0 aromatic heterocycles. The lowest BCUT2D eigenvalue weighted by Gasteiger charge is -2.24. The summed E-state index contributed by atoms with van der Waals surface area (Å²) >= 11 is 0. The Bertz CT molecular complexity index is 843. The number of rotatable bonds is 14. The van der Waals surface area contributed by atoms with Crippen molar-refractivity contribution < 1.29 is 24.2 Å². The van der Waals surface area contributed by atoms with Gasteiger partial charge in [-0.05, 0) is 63.1 Å². The lowest BCUT2D eigenvalue weighted by Crippen LogP contribution is -2.48. The summed E-state index contributed by atoms with van der Waals surface area (Å²) in [6.07, 6.45) is 7.10. The third-order valence-electron chi connectivity index (χ3n) is 6.17. The molecule has 0 aliphatic carbocycles. The van der Waals surface area contributed by atoms with E-state index in [1.807, 2.05) is 20.8 Å². The summed E-state index contributed by atoms with van der Waals surface area (Å²) in [5, 5.41) is 18.2. The zero-order chi connectivity index (χ0) is 25.8. The molecule has 0 saturated carbocycles. The van der Waals surface area contributed by atoms with Crippen LogP contribution in [0.5, 0.6) is 0 Å². The number of nitrogens with two attached hydrogens (primary N) is 1. The Labute approximate surface area is 207 Å². The number of carboxylic acids is 1. The Hall–Kier alpha value is -2.88. The third kappa shape index (κ3) is 9.35. The fraction of sp³-hybridized carbons (Fsp3) is 0.680. The summed E-state index contributed by atoms with van der Waals surface area (Å²) in [6, 6.07) is -1.50. The first-order chi connectivity index (χ1) is 16.7. The van der Waals surface area contributed by atoms with Crippen molar-refractivity contribution in [2.24, 2.45) is 16.6 Å². The van der Waals surface area contributed by atoms with Gasteiger partial charge in [0.05, 0.1) is 11.9 Å². The van der Waals surface area contributed by atoms with Crippen LogP contribution in [0.1, 0.15) is 72.1 Å². The molecule has 0 spiro atoms. The van der Waals surface area contributed by atoms with Crippen LogP contribution < -0.4 is 21.7 Å². The molecule has 35 heavy (non-hydrogen) atoms. The van der Waals surface area contributed by atoms with E-state index in [-0.39, 0.29) is 36.0 Å². The predicted molar refractivity (Wildman–Crippen MR) is 134 cm³/mol. The second-order valence-corrected chi connectivity index (χ2v) is 9.29. The van der Waals surface area contributed by atoms with Gasteiger partial charge in [-0.2, -0.15) is 0 Å². The number of hydrogen-bond acceptors (Lipinski definition) is 6. The number of unbranched alkanes of at least 4 members (excludes halogenated alkanes) is 2. The SMILES string of the molecule is CCC1=C(C(=O)NCCCCCN=C(N)C(C)C)OC(CC(NC(=O)C2CCCN2)C(=O)O)=CC1. The molecule has 0 aromatic rings. The number of nitrogens with one attached hydrogen (secondary N) is 3. The molecule has 196 valence electrons. The summed E-state index contributed by atoms with van der Waals surface area (Å²) < 4.78 is 5.85. The molecule has 0 bridgehead atoms. The van der Waals surface area contributed by atoms with Crippen LogP contribution in [0, 0.1) is 5.92 Å². The second kappa shape index (κ2) is 14.5. The number of hydrogen-bond donors (Lipinski definition) is 5. The Balaban J connectivity index is 1.83. The predicted octanol–water partition coefficient (Wildman–Crippen LogP) is 1.97. The molecule has 1 saturated heterocycles. The van der Waals surface area contributed by atoms with Gasteiger partial charge in [0.2, 0.25) is 5.91 Å². The van der Waals surface area contributed by atoms with Crippen LogP contribution in [-0.4, -0.2) is 60.4 Å². The van der Waals surface area contributed by atoms with Gasteiger partial charge in [0, 0.05) is 25.4 Å². The Morgan fingerprint density at radius 2 is 2.06 bits per heavy atom. The number of carbonyl (C=O) groups excluding carboxylic acids is 2. The fourth-order valence-electron chi connectivity index (χ4n) is 3.88. The van der Waals surface area contributed by atoms with Gasteiger partial charge in [-0.25, -0.2) is 4.79 Å². The van der Waals surface area contributed by atoms with E-state index in [9.17, 15) is 19.5 Å². The Kier molecular flexibility index (Phi) is 11.8. The van der Waals surface area contributed by atoms with E-state index in [2.05, 4.69) is 20.9 Å². The summed E-state index contributed by atoms with van der Waals surface area (Å²) in [4.78, 5) is 41.2. The monoisotopic (exact) mass is 491 g/mol. The zero-order valence-corrected chi connectivity index (χ0v) is 21.2. The number of allylic oxidation sites excluding steroid dienone is 2. The minimum atomic E-state index is -1.14. The van der Waals surface area contributed by atoms with Gasteiger partial charge in [0.1, 0.15) is 11.8 Å². The highest BCUT2D eigenvalue weighted by molar-refractivity contribution is 5.92. The molecule has 0 aromatic carbocycles. The van der Waals surface area contributed by atoms with Crippen LogP contribution in [0.15, 0.2) is 28.2 Å². The van der Waals surface area contributed by atoms with Crippen LogP contribution in [-0.2, 0) is 19.1 Å². The maximum Gasteiger partial charge on any atom is 0.326 e. The average Bonchev–Trinajstić information content (AvgIpc) is 3.37. The smallest absolute Gasteiger partial charge is 0.326 e. The van der Waals surface area contributed by atoms with Crippen LogP contribution in [0.4, 0.5) is 0 Å². The average molecular weight is 492 g/mol. The first kappa shape index (κ1) is 28.4. The molecule has 1 fully saturated rings. The first-order valence-electron chi connectivity index (χ1n) is 12.7. The van der Waals surface area contributed by atoms with Crippen molar-refractivity contribution in [2.45, 2.75) is 84.2 Å². The molecule has 0 radical (unpaired) electrons. The van der Waals surface area contributed by atoms with Crippen molar-refractivity contribution in [3.8, 4) is 0 Å². The normalized spacial score (nSPS) is 19.3. The van der Waals surface area contributed by atoms with Gasteiger partial charge in [-0.15, -0.1) is 0 Å². The molecule has 6 N–H and O–H groups in total. The molecular weight excluding hydrogens is 450 g/mol. The standard InChI is InChI=1S/C25H41N5O5/c1-4-17-10-11-18(15-20(25(33)34)30-23(31)19-9-8-14-27-19)35-21(17)24(32)29-13-7-5-6-12-28-22(26)16(2)3/h11,16,19-20,27H,4-10,12-15H2,1-3H3,(H2,26,28)(H,29,32)(H,30,31)(H,33,34). The van der Waals surface area contributed by atoms with Gasteiger partial charge in [-0.1, -0.05) is 20.8 Å². The summed E-state index contributed by atoms with van der Waals surface area (Å²) in [6.45, 7) is 7.89. The first-order valence-corrected chi connectivity index (χ1v) is 12.7. The number of carboxylic acid groups (broad SMARTS) is 1. The fourth-order valence-corrected chi connectivity index (χ4v) is 3.88. The van der Waals surface area contributed by atoms with E-state index in [1.54, 1.807) is 6.08 Å². The van der Waals surface area contributed by atoms with E-state index < -0.39 is 12.0 Å². The maximum atomic E-state index is 12.8. The van der Waals surface area contributed by atoms with Crippen molar-refractivity contribution in [3.05, 3.63) is 23.2 Å². The Morgan fingerprint density at radius 1 is 1.29 bits per heavy atom. The lowest BCUT2D eigenvalue weighted by atomic mass is 10.0. The van der Waals surface area contributed by atoms with Crippen molar-refractivity contribution in [2.75, 3.05) is 19.6 Å². The topological polar surface area (TPSA) is 155 Å². The number of carbonyl (C=O) groups is 3. The molecule has 2 unspecified atom stereocenters. The molecule has 2 atom stereocenters. The molecule has 2 aliphatic heterocycles. The molecule has 2 amide bonds. The molecule has 10 nitrogen and oxygen atoms in total. The van der Waals surface area contributed by atoms with Crippen molar-refractivity contribution >= 4 is 23.6 Å². The maximum absolute atomic E-state index is 12.8. The van der Waals surface area contributed by atoms with Gasteiger partial charge >= 0.3 is 5.97 Å². The largest absolute Gasteiger partial charge is 0.480 e. The number of aliphatic carboxylic acids is 1. The molecule has 2 heterocycles. The van der Waals surface area contributed by atoms with E-state index in [1.165, 1.54) is 0 Å². The summed E-state index contributed by atoms with van der Waals surface area (Å²) in [7, 11) is 0. The Morgan fingerprint density at radius 3 is 2.69 bits per heavy atom. The minimum absolute atomic E-state index is 0.0262. The van der Waals surface area contributed by atoms with Crippen molar-refractivity contribution in [3.63, 3.8) is 0 Å². The van der Waals surface area contributed by atoms with Gasteiger partial charge < -0.3 is 31.5 Å². The number of aliphatic imine (C=N–C) groups is 1.